The van der Waals surface area contributed by atoms with E-state index in [1.54, 1.807) is 18.3 Å². The van der Waals surface area contributed by atoms with Crippen LogP contribution in [0.1, 0.15) is 24.0 Å². The van der Waals surface area contributed by atoms with Crippen molar-refractivity contribution in [2.45, 2.75) is 25.4 Å². The van der Waals surface area contributed by atoms with Crippen molar-refractivity contribution in [1.82, 2.24) is 15.6 Å². The largest absolute Gasteiger partial charge is 0.495 e. The molecule has 192 valence electrons. The molecule has 1 saturated heterocycles. The van der Waals surface area contributed by atoms with Gasteiger partial charge in [-0.25, -0.2) is 0 Å². The molecule has 1 amide bonds. The molecule has 1 unspecified atom stereocenters. The van der Waals surface area contributed by atoms with Crippen molar-refractivity contribution in [2.24, 2.45) is 0 Å². The van der Waals surface area contributed by atoms with E-state index in [1.807, 2.05) is 42.5 Å². The van der Waals surface area contributed by atoms with Crippen LogP contribution in [0.25, 0.3) is 22.0 Å². The first-order chi connectivity index (χ1) is 18.5. The zero-order valence-electron chi connectivity index (χ0n) is 20.6. The van der Waals surface area contributed by atoms with Gasteiger partial charge in [0, 0.05) is 24.2 Å². The van der Waals surface area contributed by atoms with Gasteiger partial charge in [-0.15, -0.1) is 0 Å². The fourth-order valence-electron chi connectivity index (χ4n) is 4.54. The maximum Gasteiger partial charge on any atom is 0.237 e. The predicted molar refractivity (Wildman–Crippen MR) is 151 cm³/mol. The molecule has 3 N–H and O–H groups in total. The van der Waals surface area contributed by atoms with Crippen LogP contribution in [-0.2, 0) is 11.3 Å². The molecule has 5 rings (SSSR count). The molecule has 7 nitrogen and oxygen atoms in total. The Labute approximate surface area is 230 Å². The van der Waals surface area contributed by atoms with Crippen molar-refractivity contribution in [2.75, 3.05) is 19.0 Å². The number of anilines is 2. The Morgan fingerprint density at radius 3 is 2.63 bits per heavy atom. The molecule has 0 radical (unpaired) electrons. The van der Waals surface area contributed by atoms with Crippen LogP contribution in [0.3, 0.4) is 0 Å². The van der Waals surface area contributed by atoms with E-state index in [1.165, 1.54) is 7.11 Å². The number of amides is 1. The molecule has 1 atom stereocenters. The summed E-state index contributed by atoms with van der Waals surface area (Å²) in [5.41, 5.74) is 5.30. The number of rotatable bonds is 7. The number of pyridine rings is 1. The lowest BCUT2D eigenvalue weighted by molar-refractivity contribution is -0.122. The summed E-state index contributed by atoms with van der Waals surface area (Å²) in [6, 6.07) is 19.4. The summed E-state index contributed by atoms with van der Waals surface area (Å²) in [5, 5.41) is 20.8. The molecule has 1 aliphatic rings. The molecule has 1 fully saturated rings. The standard InChI is InChI=1S/C29H25Cl2N5O2/c1-38-27-13-26(22(30)12-23(27)31)36-28-20(14-32)16-34-25-11-19(8-9-21(25)28)18-6-4-17(5-7-18)15-35-29(37)24-3-2-10-33-24/h4-9,11-13,16,24,33H,2-3,10,15H2,1H3,(H,34,36)(H,35,37). The smallest absolute Gasteiger partial charge is 0.237 e. The van der Waals surface area contributed by atoms with Crippen LogP contribution in [0.2, 0.25) is 10.0 Å². The van der Waals surface area contributed by atoms with Crippen LogP contribution in [0.15, 0.2) is 60.8 Å². The Kier molecular flexibility index (Phi) is 7.66. The number of nitrogens with zero attached hydrogens (tertiary/aromatic N) is 2. The molecule has 3 aromatic carbocycles. The second kappa shape index (κ2) is 11.3. The number of carbonyl (C=O) groups is 1. The third-order valence-electron chi connectivity index (χ3n) is 6.62. The monoisotopic (exact) mass is 545 g/mol. The molecule has 38 heavy (non-hydrogen) atoms. The summed E-state index contributed by atoms with van der Waals surface area (Å²) >= 11 is 12.6. The second-order valence-corrected chi connectivity index (χ2v) is 9.86. The number of aromatic nitrogens is 1. The molecular formula is C29H25Cl2N5O2. The van der Waals surface area contributed by atoms with Crippen molar-refractivity contribution >= 4 is 51.4 Å². The van der Waals surface area contributed by atoms with Crippen LogP contribution < -0.4 is 20.7 Å². The second-order valence-electron chi connectivity index (χ2n) is 9.05. The number of nitrogens with one attached hydrogen (secondary N) is 3. The van der Waals surface area contributed by atoms with E-state index in [4.69, 9.17) is 27.9 Å². The molecule has 1 aromatic heterocycles. The van der Waals surface area contributed by atoms with Gasteiger partial charge in [0.05, 0.1) is 45.7 Å². The molecule has 9 heteroatoms. The number of ether oxygens (including phenoxy) is 1. The third-order valence-corrected chi connectivity index (χ3v) is 7.23. The van der Waals surface area contributed by atoms with Crippen molar-refractivity contribution < 1.29 is 9.53 Å². The quantitative estimate of drug-likeness (QED) is 0.255. The van der Waals surface area contributed by atoms with Gasteiger partial charge in [-0.2, -0.15) is 5.26 Å². The summed E-state index contributed by atoms with van der Waals surface area (Å²) in [5.74, 6) is 0.516. The van der Waals surface area contributed by atoms with Gasteiger partial charge in [-0.1, -0.05) is 59.6 Å². The van der Waals surface area contributed by atoms with E-state index in [9.17, 15) is 10.1 Å². The zero-order chi connectivity index (χ0) is 26.6. The highest BCUT2D eigenvalue weighted by atomic mass is 35.5. The van der Waals surface area contributed by atoms with Crippen LogP contribution >= 0.6 is 23.2 Å². The Bertz CT molecular complexity index is 1540. The first-order valence-electron chi connectivity index (χ1n) is 12.2. The molecule has 2 heterocycles. The summed E-state index contributed by atoms with van der Waals surface area (Å²) in [4.78, 5) is 16.8. The molecular weight excluding hydrogens is 521 g/mol. The van der Waals surface area contributed by atoms with Crippen molar-refractivity contribution in [1.29, 1.82) is 5.26 Å². The predicted octanol–water partition coefficient (Wildman–Crippen LogP) is 6.20. The fourth-order valence-corrected chi connectivity index (χ4v) is 5.05. The van der Waals surface area contributed by atoms with Gasteiger partial charge >= 0.3 is 0 Å². The maximum atomic E-state index is 12.3. The number of hydrogen-bond donors (Lipinski definition) is 3. The molecule has 0 saturated carbocycles. The Hall–Kier alpha value is -3.83. The number of methoxy groups -OCH3 is 1. The van der Waals surface area contributed by atoms with Gasteiger partial charge in [-0.05, 0) is 48.2 Å². The number of nitriles is 1. The average Bonchev–Trinajstić information content (AvgIpc) is 3.48. The van der Waals surface area contributed by atoms with E-state index in [0.29, 0.717) is 39.3 Å². The van der Waals surface area contributed by atoms with Crippen LogP contribution in [-0.4, -0.2) is 30.6 Å². The number of fused-ring (bicyclic) bond motifs is 1. The Balaban J connectivity index is 1.39. The fraction of sp³-hybridized carbons (Fsp3) is 0.207. The minimum atomic E-state index is -0.0851. The van der Waals surface area contributed by atoms with Gasteiger partial charge in [0.1, 0.15) is 11.8 Å². The number of hydrogen-bond acceptors (Lipinski definition) is 6. The summed E-state index contributed by atoms with van der Waals surface area (Å²) < 4.78 is 5.31. The van der Waals surface area contributed by atoms with Gasteiger partial charge < -0.3 is 20.7 Å². The molecule has 1 aliphatic heterocycles. The highest BCUT2D eigenvalue weighted by Crippen LogP contribution is 2.38. The first kappa shape index (κ1) is 25.8. The minimum absolute atomic E-state index is 0.0478. The van der Waals surface area contributed by atoms with Gasteiger partial charge in [0.25, 0.3) is 0 Å². The van der Waals surface area contributed by atoms with E-state index >= 15 is 0 Å². The first-order valence-corrected chi connectivity index (χ1v) is 13.0. The summed E-state index contributed by atoms with van der Waals surface area (Å²) in [6.45, 7) is 1.38. The third kappa shape index (κ3) is 5.39. The van der Waals surface area contributed by atoms with E-state index in [2.05, 4.69) is 27.0 Å². The van der Waals surface area contributed by atoms with E-state index in [-0.39, 0.29) is 11.9 Å². The van der Waals surface area contributed by atoms with Gasteiger partial charge in [0.2, 0.25) is 5.91 Å². The van der Waals surface area contributed by atoms with Gasteiger partial charge in [0.15, 0.2) is 0 Å². The lowest BCUT2D eigenvalue weighted by Crippen LogP contribution is -2.39. The average molecular weight is 546 g/mol. The normalized spacial score (nSPS) is 14.7. The van der Waals surface area contributed by atoms with Crippen LogP contribution in [0.4, 0.5) is 11.4 Å². The SMILES string of the molecule is COc1cc(Nc2c(C#N)cnc3cc(-c4ccc(CNC(=O)C5CCCN5)cc4)ccc23)c(Cl)cc1Cl. The van der Waals surface area contributed by atoms with Crippen LogP contribution in [0, 0.1) is 11.3 Å². The van der Waals surface area contributed by atoms with Crippen molar-refractivity contribution in [3.8, 4) is 22.9 Å². The van der Waals surface area contributed by atoms with E-state index in [0.717, 1.165) is 47.0 Å². The molecule has 0 bridgehead atoms. The zero-order valence-corrected chi connectivity index (χ0v) is 22.2. The Morgan fingerprint density at radius 1 is 1.13 bits per heavy atom. The summed E-state index contributed by atoms with van der Waals surface area (Å²) in [7, 11) is 1.53. The lowest BCUT2D eigenvalue weighted by atomic mass is 10.0. The number of benzene rings is 3. The maximum absolute atomic E-state index is 12.3. The molecule has 0 aliphatic carbocycles. The van der Waals surface area contributed by atoms with Crippen LogP contribution in [0.5, 0.6) is 5.75 Å². The molecule has 4 aromatic rings. The van der Waals surface area contributed by atoms with E-state index < -0.39 is 0 Å². The molecule has 0 spiro atoms. The highest BCUT2D eigenvalue weighted by Gasteiger charge is 2.21. The van der Waals surface area contributed by atoms with Gasteiger partial charge in [-0.3, -0.25) is 9.78 Å². The van der Waals surface area contributed by atoms with Crippen molar-refractivity contribution in [3.05, 3.63) is 82.0 Å². The number of halogens is 2. The number of carbonyl (C=O) groups excluding carboxylic acids is 1. The van der Waals surface area contributed by atoms with Crippen molar-refractivity contribution in [3.63, 3.8) is 0 Å². The minimum Gasteiger partial charge on any atom is -0.495 e. The highest BCUT2D eigenvalue weighted by molar-refractivity contribution is 6.37. The lowest BCUT2D eigenvalue weighted by Gasteiger charge is -2.15. The Morgan fingerprint density at radius 2 is 1.92 bits per heavy atom. The topological polar surface area (TPSA) is 99.1 Å². The summed E-state index contributed by atoms with van der Waals surface area (Å²) in [6.07, 6.45) is 3.46.